The summed E-state index contributed by atoms with van der Waals surface area (Å²) in [6.45, 7) is 2.83. The van der Waals surface area contributed by atoms with E-state index in [1.807, 2.05) is 0 Å². The van der Waals surface area contributed by atoms with E-state index in [1.54, 1.807) is 16.9 Å². The summed E-state index contributed by atoms with van der Waals surface area (Å²) in [6, 6.07) is 1.71. The maximum atomic E-state index is 11.3. The number of nitrogens with zero attached hydrogens (tertiary/aromatic N) is 3. The van der Waals surface area contributed by atoms with Crippen LogP contribution in [0.25, 0.3) is 11.0 Å². The van der Waals surface area contributed by atoms with Crippen molar-refractivity contribution in [1.82, 2.24) is 14.8 Å². The second kappa shape index (κ2) is 4.08. The fourth-order valence-electron chi connectivity index (χ4n) is 2.21. The van der Waals surface area contributed by atoms with E-state index < -0.39 is 5.97 Å². The second-order valence-electron chi connectivity index (χ2n) is 4.78. The lowest BCUT2D eigenvalue weighted by molar-refractivity contribution is 0.0699. The summed E-state index contributed by atoms with van der Waals surface area (Å²) in [6.07, 6.45) is 4.78. The quantitative estimate of drug-likeness (QED) is 0.898. The van der Waals surface area contributed by atoms with Crippen LogP contribution in [0.3, 0.4) is 0 Å². The molecule has 1 fully saturated rings. The first-order chi connectivity index (χ1) is 8.70. The van der Waals surface area contributed by atoms with Crippen LogP contribution in [0.1, 0.15) is 48.2 Å². The molecule has 5 heteroatoms. The third kappa shape index (κ3) is 1.75. The van der Waals surface area contributed by atoms with Gasteiger partial charge in [-0.2, -0.15) is 5.10 Å². The summed E-state index contributed by atoms with van der Waals surface area (Å²) in [4.78, 5) is 15.9. The first-order valence-electron chi connectivity index (χ1n) is 6.30. The Morgan fingerprint density at radius 2 is 2.33 bits per heavy atom. The van der Waals surface area contributed by atoms with Crippen molar-refractivity contribution in [2.45, 2.75) is 38.6 Å². The molecule has 2 aromatic heterocycles. The summed E-state index contributed by atoms with van der Waals surface area (Å²) in [5, 5.41) is 14.2. The minimum Gasteiger partial charge on any atom is -0.478 e. The van der Waals surface area contributed by atoms with Crippen molar-refractivity contribution in [3.63, 3.8) is 0 Å². The van der Waals surface area contributed by atoms with Crippen LogP contribution >= 0.6 is 0 Å². The van der Waals surface area contributed by atoms with Gasteiger partial charge in [-0.3, -0.25) is 0 Å². The van der Waals surface area contributed by atoms with Crippen LogP contribution in [0.5, 0.6) is 0 Å². The predicted octanol–water partition coefficient (Wildman–Crippen LogP) is 2.42. The Balaban J connectivity index is 2.21. The molecule has 1 aliphatic rings. The van der Waals surface area contributed by atoms with E-state index in [0.29, 0.717) is 22.5 Å². The molecule has 0 radical (unpaired) electrons. The number of hydrogen-bond donors (Lipinski definition) is 1. The minimum atomic E-state index is -0.902. The smallest absolute Gasteiger partial charge is 0.336 e. The molecule has 3 rings (SSSR count). The molecule has 0 saturated heterocycles. The molecule has 5 nitrogen and oxygen atoms in total. The number of carbonyl (C=O) groups is 1. The number of aromatic nitrogens is 3. The molecule has 0 unspecified atom stereocenters. The average Bonchev–Trinajstić information content (AvgIpc) is 3.12. The van der Waals surface area contributed by atoms with Crippen molar-refractivity contribution in [3.05, 3.63) is 23.5 Å². The number of hydrogen-bond acceptors (Lipinski definition) is 3. The molecule has 0 amide bonds. The molecule has 2 heterocycles. The van der Waals surface area contributed by atoms with E-state index in [2.05, 4.69) is 17.0 Å². The normalized spacial score (nSPS) is 15.2. The van der Waals surface area contributed by atoms with Gasteiger partial charge in [0.25, 0.3) is 0 Å². The van der Waals surface area contributed by atoms with Gasteiger partial charge in [-0.1, -0.05) is 6.92 Å². The first-order valence-corrected chi connectivity index (χ1v) is 6.30. The zero-order valence-electron chi connectivity index (χ0n) is 10.3. The number of aryl methyl sites for hydroxylation is 1. The molecule has 0 atom stereocenters. The van der Waals surface area contributed by atoms with Gasteiger partial charge < -0.3 is 5.11 Å². The number of fused-ring (bicyclic) bond motifs is 1. The third-order valence-corrected chi connectivity index (χ3v) is 3.29. The summed E-state index contributed by atoms with van der Waals surface area (Å²) >= 11 is 0. The Labute approximate surface area is 104 Å². The standard InChI is InChI=1S/C13H15N3O2/c1-2-5-16-12-10(7-14-16)9(13(17)18)6-11(15-12)8-3-4-8/h6-8H,2-5H2,1H3,(H,17,18). The van der Waals surface area contributed by atoms with Gasteiger partial charge in [0, 0.05) is 18.2 Å². The van der Waals surface area contributed by atoms with Crippen molar-refractivity contribution >= 4 is 17.0 Å². The van der Waals surface area contributed by atoms with Gasteiger partial charge in [-0.05, 0) is 25.3 Å². The zero-order valence-corrected chi connectivity index (χ0v) is 10.3. The maximum absolute atomic E-state index is 11.3. The van der Waals surface area contributed by atoms with Gasteiger partial charge >= 0.3 is 5.97 Å². The molecule has 18 heavy (non-hydrogen) atoms. The molecule has 0 spiro atoms. The largest absolute Gasteiger partial charge is 0.478 e. The summed E-state index contributed by atoms with van der Waals surface area (Å²) in [5.41, 5.74) is 1.93. The van der Waals surface area contributed by atoms with Crippen molar-refractivity contribution in [3.8, 4) is 0 Å². The Morgan fingerprint density at radius 1 is 1.56 bits per heavy atom. The highest BCUT2D eigenvalue weighted by Crippen LogP contribution is 2.40. The van der Waals surface area contributed by atoms with Crippen LogP contribution in [-0.2, 0) is 6.54 Å². The van der Waals surface area contributed by atoms with Crippen molar-refractivity contribution in [2.24, 2.45) is 0 Å². The van der Waals surface area contributed by atoms with Gasteiger partial charge in [0.05, 0.1) is 17.1 Å². The van der Waals surface area contributed by atoms with E-state index in [0.717, 1.165) is 31.5 Å². The Bertz CT molecular complexity index is 614. The van der Waals surface area contributed by atoms with Gasteiger partial charge in [-0.25, -0.2) is 14.5 Å². The predicted molar refractivity (Wildman–Crippen MR) is 66.8 cm³/mol. The minimum absolute atomic E-state index is 0.323. The summed E-state index contributed by atoms with van der Waals surface area (Å²) in [5.74, 6) is -0.460. The molecule has 1 aliphatic carbocycles. The number of pyridine rings is 1. The molecular weight excluding hydrogens is 230 g/mol. The number of aromatic carboxylic acids is 1. The summed E-state index contributed by atoms with van der Waals surface area (Å²) < 4.78 is 1.80. The highest BCUT2D eigenvalue weighted by molar-refractivity contribution is 6.01. The first kappa shape index (κ1) is 11.2. The number of rotatable bonds is 4. The highest BCUT2D eigenvalue weighted by atomic mass is 16.4. The molecule has 0 bridgehead atoms. The lowest BCUT2D eigenvalue weighted by atomic mass is 10.1. The Hall–Kier alpha value is -1.91. The van der Waals surface area contributed by atoms with Crippen LogP contribution in [0.15, 0.2) is 12.3 Å². The van der Waals surface area contributed by atoms with Crippen LogP contribution in [0.2, 0.25) is 0 Å². The lowest BCUT2D eigenvalue weighted by Gasteiger charge is -2.05. The fourth-order valence-corrected chi connectivity index (χ4v) is 2.21. The van der Waals surface area contributed by atoms with Crippen molar-refractivity contribution in [1.29, 1.82) is 0 Å². The lowest BCUT2D eigenvalue weighted by Crippen LogP contribution is -2.04. The SMILES string of the molecule is CCCn1ncc2c(C(=O)O)cc(C3CC3)nc21. The van der Waals surface area contributed by atoms with E-state index in [4.69, 9.17) is 0 Å². The van der Waals surface area contributed by atoms with E-state index in [1.165, 1.54) is 0 Å². The van der Waals surface area contributed by atoms with E-state index in [9.17, 15) is 9.90 Å². The third-order valence-electron chi connectivity index (χ3n) is 3.29. The van der Waals surface area contributed by atoms with Gasteiger partial charge in [0.15, 0.2) is 5.65 Å². The van der Waals surface area contributed by atoms with Crippen LogP contribution in [-0.4, -0.2) is 25.8 Å². The Morgan fingerprint density at radius 3 is 2.94 bits per heavy atom. The number of carboxylic acids is 1. The van der Waals surface area contributed by atoms with Gasteiger partial charge in [-0.15, -0.1) is 0 Å². The molecular formula is C13H15N3O2. The molecule has 1 saturated carbocycles. The van der Waals surface area contributed by atoms with Gasteiger partial charge in [0.2, 0.25) is 0 Å². The summed E-state index contributed by atoms with van der Waals surface area (Å²) in [7, 11) is 0. The monoisotopic (exact) mass is 245 g/mol. The van der Waals surface area contributed by atoms with Crippen LogP contribution in [0.4, 0.5) is 0 Å². The molecule has 2 aromatic rings. The average molecular weight is 245 g/mol. The maximum Gasteiger partial charge on any atom is 0.336 e. The van der Waals surface area contributed by atoms with Crippen LogP contribution < -0.4 is 0 Å². The highest BCUT2D eigenvalue weighted by Gasteiger charge is 2.27. The van der Waals surface area contributed by atoms with Crippen LogP contribution in [0, 0.1) is 0 Å². The van der Waals surface area contributed by atoms with Crippen molar-refractivity contribution < 1.29 is 9.90 Å². The molecule has 1 N–H and O–H groups in total. The second-order valence-corrected chi connectivity index (χ2v) is 4.78. The zero-order chi connectivity index (χ0) is 12.7. The molecule has 0 aromatic carbocycles. The van der Waals surface area contributed by atoms with Gasteiger partial charge in [0.1, 0.15) is 0 Å². The fraction of sp³-hybridized carbons (Fsp3) is 0.462. The topological polar surface area (TPSA) is 68.0 Å². The molecule has 0 aliphatic heterocycles. The number of carboxylic acid groups (broad SMARTS) is 1. The molecule has 94 valence electrons. The van der Waals surface area contributed by atoms with E-state index in [-0.39, 0.29) is 0 Å². The van der Waals surface area contributed by atoms with E-state index >= 15 is 0 Å². The van der Waals surface area contributed by atoms with Crippen molar-refractivity contribution in [2.75, 3.05) is 0 Å². The Kier molecular flexibility index (Phi) is 2.54.